The number of hydrogen-bond acceptors (Lipinski definition) is 4. The normalized spacial score (nSPS) is 12.5. The van der Waals surface area contributed by atoms with E-state index in [2.05, 4.69) is 22.8 Å². The van der Waals surface area contributed by atoms with Gasteiger partial charge in [-0.05, 0) is 37.4 Å². The van der Waals surface area contributed by atoms with Gasteiger partial charge in [0.2, 0.25) is 0 Å². The van der Waals surface area contributed by atoms with Crippen molar-refractivity contribution >= 4 is 17.7 Å². The number of carbonyl (C=O) groups is 1. The highest BCUT2D eigenvalue weighted by Crippen LogP contribution is 2.16. The summed E-state index contributed by atoms with van der Waals surface area (Å²) in [7, 11) is 3.29. The summed E-state index contributed by atoms with van der Waals surface area (Å²) in [5.41, 5.74) is 0.840. The first-order chi connectivity index (χ1) is 9.53. The van der Waals surface area contributed by atoms with Crippen LogP contribution >= 0.6 is 11.8 Å². The SMILES string of the molecule is CCC(CSC)N(C)Cc1ccc(C(=O)OC)c(F)c1. The molecule has 1 rings (SSSR count). The lowest BCUT2D eigenvalue weighted by molar-refractivity contribution is 0.0595. The molecule has 0 saturated carbocycles. The highest BCUT2D eigenvalue weighted by molar-refractivity contribution is 7.98. The Morgan fingerprint density at radius 3 is 2.70 bits per heavy atom. The van der Waals surface area contributed by atoms with Gasteiger partial charge in [-0.1, -0.05) is 13.0 Å². The van der Waals surface area contributed by atoms with Crippen molar-refractivity contribution in [1.82, 2.24) is 4.90 Å². The number of carbonyl (C=O) groups excluding carboxylic acids is 1. The molecule has 0 N–H and O–H groups in total. The van der Waals surface area contributed by atoms with Gasteiger partial charge in [-0.15, -0.1) is 0 Å². The topological polar surface area (TPSA) is 29.5 Å². The van der Waals surface area contributed by atoms with Crippen LogP contribution in [0.2, 0.25) is 0 Å². The number of thioether (sulfide) groups is 1. The summed E-state index contributed by atoms with van der Waals surface area (Å²) in [5, 5.41) is 0. The number of benzene rings is 1. The van der Waals surface area contributed by atoms with Crippen molar-refractivity contribution < 1.29 is 13.9 Å². The average molecular weight is 299 g/mol. The van der Waals surface area contributed by atoms with Crippen LogP contribution in [0, 0.1) is 5.82 Å². The standard InChI is InChI=1S/C15H22FNO2S/c1-5-12(10-20-4)17(2)9-11-6-7-13(14(16)8-11)15(18)19-3/h6-8,12H,5,9-10H2,1-4H3. The van der Waals surface area contributed by atoms with Crippen LogP contribution in [-0.4, -0.2) is 43.1 Å². The van der Waals surface area contributed by atoms with Crippen LogP contribution in [0.25, 0.3) is 0 Å². The molecule has 20 heavy (non-hydrogen) atoms. The van der Waals surface area contributed by atoms with Gasteiger partial charge in [0, 0.05) is 18.3 Å². The minimum absolute atomic E-state index is 0.0185. The molecule has 0 aliphatic heterocycles. The molecule has 0 amide bonds. The van der Waals surface area contributed by atoms with Gasteiger partial charge in [0.25, 0.3) is 0 Å². The second kappa shape index (κ2) is 8.27. The molecule has 1 aromatic carbocycles. The molecule has 0 aliphatic carbocycles. The lowest BCUT2D eigenvalue weighted by Crippen LogP contribution is -2.32. The third kappa shape index (κ3) is 4.49. The van der Waals surface area contributed by atoms with E-state index >= 15 is 0 Å². The molecule has 0 radical (unpaired) electrons. The van der Waals surface area contributed by atoms with Gasteiger partial charge in [0.05, 0.1) is 12.7 Å². The Labute approximate surface area is 124 Å². The van der Waals surface area contributed by atoms with Crippen molar-refractivity contribution in [2.75, 3.05) is 26.2 Å². The van der Waals surface area contributed by atoms with E-state index in [4.69, 9.17) is 0 Å². The maximum Gasteiger partial charge on any atom is 0.340 e. The largest absolute Gasteiger partial charge is 0.465 e. The minimum Gasteiger partial charge on any atom is -0.465 e. The molecule has 0 fully saturated rings. The number of halogens is 1. The molecule has 0 spiro atoms. The third-order valence-corrected chi connectivity index (χ3v) is 4.04. The maximum atomic E-state index is 13.8. The predicted octanol–water partition coefficient (Wildman–Crippen LogP) is 3.19. The molecule has 1 atom stereocenters. The maximum absolute atomic E-state index is 13.8. The van der Waals surface area contributed by atoms with Crippen LogP contribution in [0.5, 0.6) is 0 Å². The first kappa shape index (κ1) is 17.0. The van der Waals surface area contributed by atoms with E-state index in [0.29, 0.717) is 12.6 Å². The Morgan fingerprint density at radius 2 is 2.20 bits per heavy atom. The fourth-order valence-corrected chi connectivity index (χ4v) is 2.97. The highest BCUT2D eigenvalue weighted by atomic mass is 32.2. The number of hydrogen-bond donors (Lipinski definition) is 0. The average Bonchev–Trinajstić information content (AvgIpc) is 2.44. The van der Waals surface area contributed by atoms with E-state index in [9.17, 15) is 9.18 Å². The molecule has 0 heterocycles. The minimum atomic E-state index is -0.642. The quantitative estimate of drug-likeness (QED) is 0.723. The summed E-state index contributed by atoms with van der Waals surface area (Å²) >= 11 is 1.81. The zero-order chi connectivity index (χ0) is 15.1. The van der Waals surface area contributed by atoms with Gasteiger partial charge < -0.3 is 4.74 Å². The Hall–Kier alpha value is -1.07. The smallest absolute Gasteiger partial charge is 0.340 e. The second-order valence-electron chi connectivity index (χ2n) is 4.74. The Morgan fingerprint density at radius 1 is 1.50 bits per heavy atom. The van der Waals surface area contributed by atoms with Crippen molar-refractivity contribution in [3.8, 4) is 0 Å². The van der Waals surface area contributed by atoms with Crippen molar-refractivity contribution in [2.24, 2.45) is 0 Å². The Bertz CT molecular complexity index is 453. The van der Waals surface area contributed by atoms with Gasteiger partial charge in [-0.2, -0.15) is 11.8 Å². The molecule has 1 unspecified atom stereocenters. The number of ether oxygens (including phenoxy) is 1. The first-order valence-corrected chi connectivity index (χ1v) is 7.98. The molecule has 0 bridgehead atoms. The van der Waals surface area contributed by atoms with E-state index in [1.54, 1.807) is 6.07 Å². The molecule has 0 aliphatic rings. The van der Waals surface area contributed by atoms with Gasteiger partial charge in [-0.25, -0.2) is 9.18 Å². The summed E-state index contributed by atoms with van der Waals surface area (Å²) in [5.74, 6) is -0.118. The molecule has 0 aromatic heterocycles. The zero-order valence-electron chi connectivity index (χ0n) is 12.5. The van der Waals surface area contributed by atoms with Crippen molar-refractivity contribution in [3.63, 3.8) is 0 Å². The van der Waals surface area contributed by atoms with Crippen molar-refractivity contribution in [3.05, 3.63) is 35.1 Å². The van der Waals surface area contributed by atoms with E-state index in [1.807, 2.05) is 18.8 Å². The lowest BCUT2D eigenvalue weighted by atomic mass is 10.1. The van der Waals surface area contributed by atoms with E-state index in [0.717, 1.165) is 17.7 Å². The molecular formula is C15H22FNO2S. The molecule has 3 nitrogen and oxygen atoms in total. The van der Waals surface area contributed by atoms with Crippen molar-refractivity contribution in [2.45, 2.75) is 25.9 Å². The van der Waals surface area contributed by atoms with Gasteiger partial charge in [-0.3, -0.25) is 4.90 Å². The molecule has 112 valence electrons. The fraction of sp³-hybridized carbons (Fsp3) is 0.533. The van der Waals surface area contributed by atoms with E-state index in [-0.39, 0.29) is 5.56 Å². The summed E-state index contributed by atoms with van der Waals surface area (Å²) in [4.78, 5) is 13.5. The van der Waals surface area contributed by atoms with E-state index < -0.39 is 11.8 Å². The van der Waals surface area contributed by atoms with Gasteiger partial charge >= 0.3 is 5.97 Å². The number of rotatable bonds is 7. The summed E-state index contributed by atoms with van der Waals surface area (Å²) in [6.07, 6.45) is 3.14. The number of esters is 1. The van der Waals surface area contributed by atoms with Crippen molar-refractivity contribution in [1.29, 1.82) is 0 Å². The summed E-state index contributed by atoms with van der Waals surface area (Å²) in [6, 6.07) is 5.14. The van der Waals surface area contributed by atoms with Crippen LogP contribution in [0.3, 0.4) is 0 Å². The molecule has 1 aromatic rings. The van der Waals surface area contributed by atoms with Crippen LogP contribution < -0.4 is 0 Å². The van der Waals surface area contributed by atoms with Crippen LogP contribution in [-0.2, 0) is 11.3 Å². The lowest BCUT2D eigenvalue weighted by Gasteiger charge is -2.26. The van der Waals surface area contributed by atoms with Crippen LogP contribution in [0.4, 0.5) is 4.39 Å². The van der Waals surface area contributed by atoms with Crippen LogP contribution in [0.15, 0.2) is 18.2 Å². The highest BCUT2D eigenvalue weighted by Gasteiger charge is 2.15. The predicted molar refractivity (Wildman–Crippen MR) is 81.7 cm³/mol. The van der Waals surface area contributed by atoms with Gasteiger partial charge in [0.1, 0.15) is 5.82 Å². The molecule has 0 saturated heterocycles. The Balaban J connectivity index is 2.78. The monoisotopic (exact) mass is 299 g/mol. The number of methoxy groups -OCH3 is 1. The van der Waals surface area contributed by atoms with E-state index in [1.165, 1.54) is 19.2 Å². The zero-order valence-corrected chi connectivity index (χ0v) is 13.3. The molecular weight excluding hydrogens is 277 g/mol. The molecule has 5 heteroatoms. The fourth-order valence-electron chi connectivity index (χ4n) is 2.10. The number of nitrogens with zero attached hydrogens (tertiary/aromatic N) is 1. The first-order valence-electron chi connectivity index (χ1n) is 6.59. The summed E-state index contributed by atoms with van der Waals surface area (Å²) in [6.45, 7) is 2.82. The second-order valence-corrected chi connectivity index (χ2v) is 5.65. The summed E-state index contributed by atoms with van der Waals surface area (Å²) < 4.78 is 18.4. The Kier molecular flexibility index (Phi) is 7.02. The van der Waals surface area contributed by atoms with Crippen LogP contribution in [0.1, 0.15) is 29.3 Å². The third-order valence-electron chi connectivity index (χ3n) is 3.32. The van der Waals surface area contributed by atoms with Gasteiger partial charge in [0.15, 0.2) is 0 Å².